The van der Waals surface area contributed by atoms with Crippen molar-refractivity contribution in [2.45, 2.75) is 12.8 Å². The summed E-state index contributed by atoms with van der Waals surface area (Å²) in [5.74, 6) is 0.103. The monoisotopic (exact) mass is 273 g/mol. The van der Waals surface area contributed by atoms with E-state index in [-0.39, 0.29) is 5.78 Å². The Morgan fingerprint density at radius 1 is 1.11 bits per heavy atom. The van der Waals surface area contributed by atoms with Crippen molar-refractivity contribution in [3.8, 4) is 0 Å². The van der Waals surface area contributed by atoms with Crippen LogP contribution in [0, 0.1) is 0 Å². The van der Waals surface area contributed by atoms with Gasteiger partial charge >= 0.3 is 0 Å². The van der Waals surface area contributed by atoms with E-state index in [0.29, 0.717) is 18.0 Å². The number of benzene rings is 2. The second-order valence-corrected chi connectivity index (χ2v) is 4.86. The van der Waals surface area contributed by atoms with Crippen LogP contribution in [0.3, 0.4) is 0 Å². The Morgan fingerprint density at radius 3 is 2.63 bits per heavy atom. The van der Waals surface area contributed by atoms with Crippen molar-refractivity contribution in [3.63, 3.8) is 0 Å². The van der Waals surface area contributed by atoms with Crippen LogP contribution in [0.4, 0.5) is 0 Å². The molecule has 0 aromatic heterocycles. The molecule has 0 unspecified atom stereocenters. The third-order valence-corrected chi connectivity index (χ3v) is 3.22. The molecular formula is C16H16ClNO. The first kappa shape index (κ1) is 13.8. The van der Waals surface area contributed by atoms with Crippen LogP contribution in [0.1, 0.15) is 21.5 Å². The zero-order valence-corrected chi connectivity index (χ0v) is 11.4. The van der Waals surface area contributed by atoms with Crippen molar-refractivity contribution in [1.29, 1.82) is 0 Å². The van der Waals surface area contributed by atoms with Gasteiger partial charge in [0.05, 0.1) is 0 Å². The van der Waals surface area contributed by atoms with Gasteiger partial charge in [-0.3, -0.25) is 4.79 Å². The number of rotatable bonds is 5. The Balaban J connectivity index is 2.20. The third-order valence-electron chi connectivity index (χ3n) is 2.99. The van der Waals surface area contributed by atoms with E-state index in [2.05, 4.69) is 0 Å². The number of Topliss-reactive ketones (excluding diaryl/α,β-unsaturated/α-hetero) is 1. The fraction of sp³-hybridized carbons (Fsp3) is 0.188. The second kappa shape index (κ2) is 6.50. The minimum atomic E-state index is 0.103. The lowest BCUT2D eigenvalue weighted by Gasteiger charge is -2.08. The molecule has 0 spiro atoms. The smallest absolute Gasteiger partial charge is 0.167 e. The maximum absolute atomic E-state index is 12.3. The highest BCUT2D eigenvalue weighted by Crippen LogP contribution is 2.16. The van der Waals surface area contributed by atoms with Crippen LogP contribution in [0.2, 0.25) is 5.02 Å². The molecule has 0 fully saturated rings. The highest BCUT2D eigenvalue weighted by Gasteiger charge is 2.11. The molecule has 0 amide bonds. The standard InChI is InChI=1S/C16H16ClNO/c17-14-6-3-4-12(10-14)11-16(19)15-7-2-1-5-13(15)8-9-18/h1-7,10H,8-9,11,18H2. The van der Waals surface area contributed by atoms with Gasteiger partial charge in [-0.2, -0.15) is 0 Å². The Morgan fingerprint density at radius 2 is 1.89 bits per heavy atom. The topological polar surface area (TPSA) is 43.1 Å². The highest BCUT2D eigenvalue weighted by atomic mass is 35.5. The molecule has 2 rings (SSSR count). The molecule has 2 aromatic carbocycles. The van der Waals surface area contributed by atoms with Crippen molar-refractivity contribution in [2.75, 3.05) is 6.54 Å². The fourth-order valence-corrected chi connectivity index (χ4v) is 2.31. The van der Waals surface area contributed by atoms with Gasteiger partial charge in [-0.25, -0.2) is 0 Å². The van der Waals surface area contributed by atoms with E-state index in [0.717, 1.165) is 23.1 Å². The predicted molar refractivity (Wildman–Crippen MR) is 78.7 cm³/mol. The summed E-state index contributed by atoms with van der Waals surface area (Å²) in [5, 5.41) is 0.653. The van der Waals surface area contributed by atoms with E-state index in [1.165, 1.54) is 0 Å². The van der Waals surface area contributed by atoms with E-state index in [1.54, 1.807) is 6.07 Å². The third kappa shape index (κ3) is 3.66. The van der Waals surface area contributed by atoms with Crippen molar-refractivity contribution in [2.24, 2.45) is 5.73 Å². The van der Waals surface area contributed by atoms with E-state index >= 15 is 0 Å². The molecule has 0 atom stereocenters. The largest absolute Gasteiger partial charge is 0.330 e. The Bertz CT molecular complexity index is 580. The number of carbonyl (C=O) groups is 1. The summed E-state index contributed by atoms with van der Waals surface area (Å²) in [4.78, 5) is 12.3. The van der Waals surface area contributed by atoms with Gasteiger partial charge < -0.3 is 5.73 Å². The van der Waals surface area contributed by atoms with Gasteiger partial charge in [0.15, 0.2) is 5.78 Å². The Kier molecular flexibility index (Phi) is 4.72. The van der Waals surface area contributed by atoms with Crippen LogP contribution < -0.4 is 5.73 Å². The van der Waals surface area contributed by atoms with Crippen molar-refractivity contribution < 1.29 is 4.79 Å². The summed E-state index contributed by atoms with van der Waals surface area (Å²) < 4.78 is 0. The van der Waals surface area contributed by atoms with Gasteiger partial charge in [-0.15, -0.1) is 0 Å². The minimum absolute atomic E-state index is 0.103. The number of nitrogens with two attached hydrogens (primary N) is 1. The average molecular weight is 274 g/mol. The fourth-order valence-electron chi connectivity index (χ4n) is 2.09. The van der Waals surface area contributed by atoms with Crippen LogP contribution in [0.15, 0.2) is 48.5 Å². The molecule has 2 N–H and O–H groups in total. The maximum Gasteiger partial charge on any atom is 0.167 e. The predicted octanol–water partition coefficient (Wildman–Crippen LogP) is 3.27. The number of hydrogen-bond acceptors (Lipinski definition) is 2. The second-order valence-electron chi connectivity index (χ2n) is 4.43. The van der Waals surface area contributed by atoms with Crippen LogP contribution in [0.25, 0.3) is 0 Å². The Labute approximate surface area is 118 Å². The lowest BCUT2D eigenvalue weighted by atomic mass is 9.97. The number of hydrogen-bond donors (Lipinski definition) is 1. The molecule has 0 heterocycles. The molecule has 0 radical (unpaired) electrons. The lowest BCUT2D eigenvalue weighted by molar-refractivity contribution is 0.0992. The van der Waals surface area contributed by atoms with E-state index in [1.807, 2.05) is 42.5 Å². The molecule has 2 aromatic rings. The van der Waals surface area contributed by atoms with Gasteiger partial charge in [-0.1, -0.05) is 48.0 Å². The number of carbonyl (C=O) groups excluding carboxylic acids is 1. The van der Waals surface area contributed by atoms with Gasteiger partial charge in [0.2, 0.25) is 0 Å². The first-order valence-corrected chi connectivity index (χ1v) is 6.64. The van der Waals surface area contributed by atoms with Crippen molar-refractivity contribution >= 4 is 17.4 Å². The van der Waals surface area contributed by atoms with Crippen LogP contribution in [-0.2, 0) is 12.8 Å². The highest BCUT2D eigenvalue weighted by molar-refractivity contribution is 6.30. The van der Waals surface area contributed by atoms with Gasteiger partial charge in [0.25, 0.3) is 0 Å². The van der Waals surface area contributed by atoms with Crippen molar-refractivity contribution in [3.05, 3.63) is 70.2 Å². The molecule has 2 nitrogen and oxygen atoms in total. The van der Waals surface area contributed by atoms with Gasteiger partial charge in [0, 0.05) is 17.0 Å². The van der Waals surface area contributed by atoms with Gasteiger partial charge in [0.1, 0.15) is 0 Å². The summed E-state index contributed by atoms with van der Waals surface area (Å²) >= 11 is 5.93. The summed E-state index contributed by atoms with van der Waals surface area (Å²) in [6.45, 7) is 0.543. The SMILES string of the molecule is NCCc1ccccc1C(=O)Cc1cccc(Cl)c1. The molecule has 0 saturated carbocycles. The molecule has 0 aliphatic heterocycles. The molecule has 0 aliphatic carbocycles. The zero-order chi connectivity index (χ0) is 13.7. The summed E-state index contributed by atoms with van der Waals surface area (Å²) in [6.07, 6.45) is 1.08. The normalized spacial score (nSPS) is 10.4. The molecule has 19 heavy (non-hydrogen) atoms. The molecule has 0 aliphatic rings. The Hall–Kier alpha value is -1.64. The first-order chi connectivity index (χ1) is 9.20. The van der Waals surface area contributed by atoms with Crippen LogP contribution in [-0.4, -0.2) is 12.3 Å². The van der Waals surface area contributed by atoms with Crippen molar-refractivity contribution in [1.82, 2.24) is 0 Å². The zero-order valence-electron chi connectivity index (χ0n) is 10.6. The summed E-state index contributed by atoms with van der Waals surface area (Å²) in [7, 11) is 0. The average Bonchev–Trinajstić information content (AvgIpc) is 2.39. The quantitative estimate of drug-likeness (QED) is 0.850. The lowest BCUT2D eigenvalue weighted by Crippen LogP contribution is -2.10. The van der Waals surface area contributed by atoms with E-state index in [9.17, 15) is 4.79 Å². The molecule has 0 saturated heterocycles. The number of halogens is 1. The molecule has 0 bridgehead atoms. The molecule has 3 heteroatoms. The van der Waals surface area contributed by atoms with Crippen LogP contribution in [0.5, 0.6) is 0 Å². The van der Waals surface area contributed by atoms with Gasteiger partial charge in [-0.05, 0) is 36.2 Å². The molecule has 98 valence electrons. The van der Waals surface area contributed by atoms with Crippen LogP contribution >= 0.6 is 11.6 Å². The van der Waals surface area contributed by atoms with E-state index < -0.39 is 0 Å². The number of ketones is 1. The minimum Gasteiger partial charge on any atom is -0.330 e. The van der Waals surface area contributed by atoms with E-state index in [4.69, 9.17) is 17.3 Å². The molecular weight excluding hydrogens is 258 g/mol. The summed E-state index contributed by atoms with van der Waals surface area (Å²) in [6, 6.07) is 15.0. The maximum atomic E-state index is 12.3. The first-order valence-electron chi connectivity index (χ1n) is 6.26. The summed E-state index contributed by atoms with van der Waals surface area (Å²) in [5.41, 5.74) is 8.27.